The predicted octanol–water partition coefficient (Wildman–Crippen LogP) is 3.55. The SMILES string of the molecule is COc1cc(C=c2sc3nc4c(C)cccc4n3c2=O)cc(Br)c1OC. The Balaban J connectivity index is 1.95. The second-order valence-electron chi connectivity index (χ2n) is 5.83. The van der Waals surface area contributed by atoms with E-state index in [4.69, 9.17) is 9.47 Å². The van der Waals surface area contributed by atoms with Crippen molar-refractivity contribution in [3.05, 3.63) is 60.8 Å². The topological polar surface area (TPSA) is 52.8 Å². The van der Waals surface area contributed by atoms with Crippen LogP contribution in [-0.4, -0.2) is 23.6 Å². The number of hydrogen-bond donors (Lipinski definition) is 0. The zero-order valence-corrected chi connectivity index (χ0v) is 16.8. The van der Waals surface area contributed by atoms with Crippen molar-refractivity contribution in [1.82, 2.24) is 9.38 Å². The molecule has 0 saturated heterocycles. The highest BCUT2D eigenvalue weighted by molar-refractivity contribution is 9.10. The highest BCUT2D eigenvalue weighted by Gasteiger charge is 2.13. The van der Waals surface area contributed by atoms with Crippen molar-refractivity contribution in [3.8, 4) is 11.5 Å². The average Bonchev–Trinajstić information content (AvgIpc) is 3.13. The van der Waals surface area contributed by atoms with Crippen molar-refractivity contribution in [2.24, 2.45) is 0 Å². The van der Waals surface area contributed by atoms with E-state index < -0.39 is 0 Å². The van der Waals surface area contributed by atoms with Gasteiger partial charge >= 0.3 is 0 Å². The molecular formula is C19H15BrN2O3S. The fourth-order valence-corrected chi connectivity index (χ4v) is 4.60. The van der Waals surface area contributed by atoms with Gasteiger partial charge in [-0.15, -0.1) is 0 Å². The molecule has 0 bridgehead atoms. The first-order valence-electron chi connectivity index (χ1n) is 7.87. The number of halogens is 1. The first-order valence-corrected chi connectivity index (χ1v) is 9.48. The first-order chi connectivity index (χ1) is 12.5. The molecule has 0 aliphatic rings. The average molecular weight is 431 g/mol. The standard InChI is InChI=1S/C19H15BrN2O3S/c1-10-5-4-6-13-16(10)21-19-22(13)18(23)15(26-19)9-11-7-12(20)17(25-3)14(8-11)24-2/h4-9H,1-3H3. The number of thiazole rings is 1. The van der Waals surface area contributed by atoms with Gasteiger partial charge in [-0.3, -0.25) is 4.79 Å². The molecule has 0 N–H and O–H groups in total. The molecule has 132 valence electrons. The molecule has 0 aliphatic carbocycles. The minimum atomic E-state index is -0.0657. The smallest absolute Gasteiger partial charge is 0.274 e. The lowest BCUT2D eigenvalue weighted by Gasteiger charge is -2.10. The van der Waals surface area contributed by atoms with Crippen LogP contribution in [0.2, 0.25) is 0 Å². The van der Waals surface area contributed by atoms with E-state index in [1.807, 2.05) is 43.3 Å². The maximum atomic E-state index is 12.9. The van der Waals surface area contributed by atoms with E-state index in [9.17, 15) is 4.79 Å². The van der Waals surface area contributed by atoms with Gasteiger partial charge in [0.2, 0.25) is 0 Å². The number of nitrogens with zero attached hydrogens (tertiary/aromatic N) is 2. The number of hydrogen-bond acceptors (Lipinski definition) is 5. The highest BCUT2D eigenvalue weighted by atomic mass is 79.9. The Labute approximate surface area is 161 Å². The molecule has 0 amide bonds. The number of imidazole rings is 1. The molecule has 0 spiro atoms. The van der Waals surface area contributed by atoms with Crippen LogP contribution in [0.3, 0.4) is 0 Å². The van der Waals surface area contributed by atoms with Crippen molar-refractivity contribution in [3.63, 3.8) is 0 Å². The summed E-state index contributed by atoms with van der Waals surface area (Å²) in [6.45, 7) is 2.00. The molecule has 0 unspecified atom stereocenters. The van der Waals surface area contributed by atoms with Crippen LogP contribution in [0.4, 0.5) is 0 Å². The molecule has 0 atom stereocenters. The van der Waals surface area contributed by atoms with Gasteiger partial charge < -0.3 is 9.47 Å². The molecule has 0 fully saturated rings. The van der Waals surface area contributed by atoms with Crippen molar-refractivity contribution in [2.75, 3.05) is 14.2 Å². The Hall–Kier alpha value is -2.38. The van der Waals surface area contributed by atoms with Gasteiger partial charge in [-0.2, -0.15) is 0 Å². The molecule has 7 heteroatoms. The minimum Gasteiger partial charge on any atom is -0.493 e. The largest absolute Gasteiger partial charge is 0.493 e. The maximum absolute atomic E-state index is 12.9. The predicted molar refractivity (Wildman–Crippen MR) is 108 cm³/mol. The quantitative estimate of drug-likeness (QED) is 0.498. The fourth-order valence-electron chi connectivity index (χ4n) is 3.00. The molecule has 2 heterocycles. The second-order valence-corrected chi connectivity index (χ2v) is 7.69. The summed E-state index contributed by atoms with van der Waals surface area (Å²) in [6, 6.07) is 9.60. The molecule has 4 aromatic rings. The molecule has 0 aliphatic heterocycles. The van der Waals surface area contributed by atoms with E-state index in [0.717, 1.165) is 26.6 Å². The number of aryl methyl sites for hydroxylation is 1. The zero-order valence-electron chi connectivity index (χ0n) is 14.4. The van der Waals surface area contributed by atoms with Gasteiger partial charge in [0.25, 0.3) is 5.56 Å². The van der Waals surface area contributed by atoms with E-state index in [1.54, 1.807) is 18.6 Å². The van der Waals surface area contributed by atoms with Crippen LogP contribution in [0, 0.1) is 6.92 Å². The van der Waals surface area contributed by atoms with Crippen molar-refractivity contribution in [1.29, 1.82) is 0 Å². The Morgan fingerprint density at radius 1 is 1.23 bits per heavy atom. The van der Waals surface area contributed by atoms with E-state index >= 15 is 0 Å². The molecule has 5 nitrogen and oxygen atoms in total. The second kappa shape index (κ2) is 6.41. The lowest BCUT2D eigenvalue weighted by molar-refractivity contribution is 0.353. The van der Waals surface area contributed by atoms with Crippen LogP contribution in [0.15, 0.2) is 39.6 Å². The van der Waals surface area contributed by atoms with Crippen LogP contribution >= 0.6 is 27.3 Å². The number of aromatic nitrogens is 2. The molecule has 0 radical (unpaired) electrons. The minimum absolute atomic E-state index is 0.0657. The summed E-state index contributed by atoms with van der Waals surface area (Å²) in [4.78, 5) is 18.2. The van der Waals surface area contributed by atoms with Gasteiger partial charge in [0.1, 0.15) is 0 Å². The zero-order chi connectivity index (χ0) is 18.4. The third kappa shape index (κ3) is 2.59. The van der Waals surface area contributed by atoms with E-state index in [2.05, 4.69) is 20.9 Å². The van der Waals surface area contributed by atoms with E-state index in [-0.39, 0.29) is 5.56 Å². The van der Waals surface area contributed by atoms with Crippen LogP contribution in [0.1, 0.15) is 11.1 Å². The Morgan fingerprint density at radius 3 is 2.77 bits per heavy atom. The van der Waals surface area contributed by atoms with Crippen molar-refractivity contribution < 1.29 is 9.47 Å². The van der Waals surface area contributed by atoms with Gasteiger partial charge in [-0.1, -0.05) is 23.5 Å². The number of methoxy groups -OCH3 is 2. The lowest BCUT2D eigenvalue weighted by atomic mass is 10.2. The molecule has 4 rings (SSSR count). The number of para-hydroxylation sites is 1. The Bertz CT molecular complexity index is 1260. The summed E-state index contributed by atoms with van der Waals surface area (Å²) in [5.41, 5.74) is 3.55. The summed E-state index contributed by atoms with van der Waals surface area (Å²) in [7, 11) is 3.17. The van der Waals surface area contributed by atoms with Crippen LogP contribution < -0.4 is 19.6 Å². The number of rotatable bonds is 3. The molecular weight excluding hydrogens is 416 g/mol. The van der Waals surface area contributed by atoms with Crippen LogP contribution in [0.25, 0.3) is 22.1 Å². The molecule has 26 heavy (non-hydrogen) atoms. The summed E-state index contributed by atoms with van der Waals surface area (Å²) in [5, 5.41) is 0. The summed E-state index contributed by atoms with van der Waals surface area (Å²) in [6.07, 6.45) is 1.84. The Morgan fingerprint density at radius 2 is 2.04 bits per heavy atom. The fraction of sp³-hybridized carbons (Fsp3) is 0.158. The summed E-state index contributed by atoms with van der Waals surface area (Å²) < 4.78 is 13.8. The normalized spacial score (nSPS) is 12.2. The van der Waals surface area contributed by atoms with Crippen LogP contribution in [0.5, 0.6) is 11.5 Å². The van der Waals surface area contributed by atoms with Crippen LogP contribution in [-0.2, 0) is 0 Å². The highest BCUT2D eigenvalue weighted by Crippen LogP contribution is 2.36. The van der Waals surface area contributed by atoms with Gasteiger partial charge in [0, 0.05) is 0 Å². The number of fused-ring (bicyclic) bond motifs is 3. The van der Waals surface area contributed by atoms with Gasteiger partial charge in [0.05, 0.1) is 34.3 Å². The lowest BCUT2D eigenvalue weighted by Crippen LogP contribution is -2.22. The molecule has 2 aromatic heterocycles. The summed E-state index contributed by atoms with van der Waals surface area (Å²) in [5.74, 6) is 1.22. The van der Waals surface area contributed by atoms with Gasteiger partial charge in [-0.25, -0.2) is 9.38 Å². The summed E-state index contributed by atoms with van der Waals surface area (Å²) >= 11 is 4.86. The third-order valence-corrected chi connectivity index (χ3v) is 5.78. The Kier molecular flexibility index (Phi) is 4.20. The maximum Gasteiger partial charge on any atom is 0.274 e. The van der Waals surface area contributed by atoms with Gasteiger partial charge in [0.15, 0.2) is 16.5 Å². The van der Waals surface area contributed by atoms with E-state index in [1.165, 1.54) is 11.3 Å². The molecule has 2 aromatic carbocycles. The third-order valence-electron chi connectivity index (χ3n) is 4.22. The van der Waals surface area contributed by atoms with Gasteiger partial charge in [-0.05, 0) is 58.3 Å². The number of ether oxygens (including phenoxy) is 2. The van der Waals surface area contributed by atoms with Crippen molar-refractivity contribution >= 4 is 49.3 Å². The monoisotopic (exact) mass is 430 g/mol. The van der Waals surface area contributed by atoms with E-state index in [0.29, 0.717) is 21.0 Å². The first kappa shape index (κ1) is 17.1. The van der Waals surface area contributed by atoms with Crippen molar-refractivity contribution in [2.45, 2.75) is 6.92 Å². The molecule has 0 saturated carbocycles. The number of benzene rings is 2.